The van der Waals surface area contributed by atoms with Gasteiger partial charge < -0.3 is 9.47 Å². The van der Waals surface area contributed by atoms with Crippen LogP contribution in [0.15, 0.2) is 24.4 Å². The molecular weight excluding hydrogens is 461 g/mol. The lowest BCUT2D eigenvalue weighted by Gasteiger charge is -2.27. The molecule has 1 aliphatic rings. The average Bonchev–Trinajstić information content (AvgIpc) is 3.39. The number of morpholine rings is 1. The van der Waals surface area contributed by atoms with Crippen molar-refractivity contribution in [2.75, 3.05) is 51.4 Å². The number of hydrogen-bond donors (Lipinski definition) is 0. The van der Waals surface area contributed by atoms with Gasteiger partial charge in [0.05, 0.1) is 30.0 Å². The Labute approximate surface area is 196 Å². The van der Waals surface area contributed by atoms with Crippen LogP contribution in [0.1, 0.15) is 16.9 Å². The van der Waals surface area contributed by atoms with Gasteiger partial charge in [0.1, 0.15) is 11.3 Å². The molecule has 31 heavy (non-hydrogen) atoms. The number of halogens is 2. The Morgan fingerprint density at radius 1 is 1.32 bits per heavy atom. The molecule has 168 valence electrons. The summed E-state index contributed by atoms with van der Waals surface area (Å²) in [4.78, 5) is 22.0. The number of aromatic nitrogens is 3. The number of benzene rings is 1. The average molecular weight is 486 g/mol. The maximum Gasteiger partial charge on any atom is 0.280 e. The van der Waals surface area contributed by atoms with Gasteiger partial charge in [0.2, 0.25) is 0 Å². The van der Waals surface area contributed by atoms with Crippen LogP contribution in [0.3, 0.4) is 0 Å². The van der Waals surface area contributed by atoms with Crippen LogP contribution >= 0.6 is 35.3 Å². The third kappa shape index (κ3) is 5.30. The van der Waals surface area contributed by atoms with Crippen molar-refractivity contribution in [3.05, 3.63) is 35.1 Å². The SMILES string of the molecule is COc1ccc(Cl)c2sc(N(CCCN3CCOCC3)C(=O)c3ccn(C)n3)nc12.Cl. The van der Waals surface area contributed by atoms with Crippen LogP contribution in [0.4, 0.5) is 5.13 Å². The topological polar surface area (TPSA) is 72.7 Å². The molecule has 0 saturated carbocycles. The second kappa shape index (κ2) is 10.6. The number of rotatable bonds is 7. The lowest BCUT2D eigenvalue weighted by atomic mass is 10.3. The number of amides is 1. The van der Waals surface area contributed by atoms with Gasteiger partial charge in [-0.05, 0) is 24.6 Å². The maximum atomic E-state index is 13.3. The minimum absolute atomic E-state index is 0. The second-order valence-corrected chi connectivity index (χ2v) is 8.45. The third-order valence-corrected chi connectivity index (χ3v) is 6.57. The largest absolute Gasteiger partial charge is 0.494 e. The minimum Gasteiger partial charge on any atom is -0.494 e. The van der Waals surface area contributed by atoms with E-state index in [2.05, 4.69) is 10.00 Å². The van der Waals surface area contributed by atoms with Crippen LogP contribution in [0, 0.1) is 0 Å². The Kier molecular flexibility index (Phi) is 8.12. The number of nitrogens with zero attached hydrogens (tertiary/aromatic N) is 5. The summed E-state index contributed by atoms with van der Waals surface area (Å²) in [6, 6.07) is 5.30. The van der Waals surface area contributed by atoms with Gasteiger partial charge >= 0.3 is 0 Å². The van der Waals surface area contributed by atoms with E-state index in [0.29, 0.717) is 33.7 Å². The molecule has 0 unspecified atom stereocenters. The Morgan fingerprint density at radius 2 is 2.10 bits per heavy atom. The molecular formula is C20H25Cl2N5O3S. The molecule has 8 nitrogen and oxygen atoms in total. The Hall–Kier alpha value is -1.91. The highest BCUT2D eigenvalue weighted by Crippen LogP contribution is 2.39. The first-order valence-electron chi connectivity index (χ1n) is 9.81. The van der Waals surface area contributed by atoms with Gasteiger partial charge in [0.15, 0.2) is 10.8 Å². The number of aryl methyl sites for hydroxylation is 1. The molecule has 2 aromatic heterocycles. The summed E-state index contributed by atoms with van der Waals surface area (Å²) in [5, 5.41) is 5.47. The minimum atomic E-state index is -0.174. The van der Waals surface area contributed by atoms with E-state index in [-0.39, 0.29) is 18.3 Å². The Bertz CT molecular complexity index is 1040. The summed E-state index contributed by atoms with van der Waals surface area (Å²) in [5.41, 5.74) is 1.05. The highest BCUT2D eigenvalue weighted by atomic mass is 35.5. The number of carbonyl (C=O) groups is 1. The van der Waals surface area contributed by atoms with Gasteiger partial charge in [-0.15, -0.1) is 12.4 Å². The molecule has 0 radical (unpaired) electrons. The first kappa shape index (κ1) is 23.7. The van der Waals surface area contributed by atoms with Crippen molar-refractivity contribution in [2.24, 2.45) is 7.05 Å². The van der Waals surface area contributed by atoms with Gasteiger partial charge in [-0.25, -0.2) is 4.98 Å². The van der Waals surface area contributed by atoms with Crippen LogP contribution in [-0.4, -0.2) is 72.1 Å². The monoisotopic (exact) mass is 485 g/mol. The second-order valence-electron chi connectivity index (χ2n) is 7.06. The molecule has 0 spiro atoms. The molecule has 1 fully saturated rings. The third-order valence-electron chi connectivity index (χ3n) is 5.04. The molecule has 3 aromatic rings. The predicted molar refractivity (Wildman–Crippen MR) is 125 cm³/mol. The van der Waals surface area contributed by atoms with E-state index in [0.717, 1.165) is 44.0 Å². The molecule has 0 atom stereocenters. The maximum absolute atomic E-state index is 13.3. The van der Waals surface area contributed by atoms with E-state index in [9.17, 15) is 4.79 Å². The van der Waals surface area contributed by atoms with E-state index in [1.807, 2.05) is 0 Å². The van der Waals surface area contributed by atoms with Gasteiger partial charge in [-0.3, -0.25) is 19.3 Å². The number of anilines is 1. The van der Waals surface area contributed by atoms with Crippen molar-refractivity contribution in [1.29, 1.82) is 0 Å². The normalized spacial score (nSPS) is 14.4. The van der Waals surface area contributed by atoms with Gasteiger partial charge in [0.25, 0.3) is 5.91 Å². The van der Waals surface area contributed by atoms with Crippen molar-refractivity contribution in [1.82, 2.24) is 19.7 Å². The predicted octanol–water partition coefficient (Wildman–Crippen LogP) is 3.48. The van der Waals surface area contributed by atoms with Crippen LogP contribution < -0.4 is 9.64 Å². The molecule has 1 aromatic carbocycles. The quantitative estimate of drug-likeness (QED) is 0.509. The fourth-order valence-electron chi connectivity index (χ4n) is 3.45. The van der Waals surface area contributed by atoms with E-state index >= 15 is 0 Å². The van der Waals surface area contributed by atoms with Crippen LogP contribution in [0.2, 0.25) is 5.02 Å². The summed E-state index contributed by atoms with van der Waals surface area (Å²) in [7, 11) is 3.39. The Balaban J connectivity index is 0.00000272. The standard InChI is InChI=1S/C20H24ClN5O3S.ClH/c1-24-9-6-15(23-24)19(27)26(8-3-7-25-10-12-29-13-11-25)20-22-17-16(28-2)5-4-14(21)18(17)30-20;/h4-6,9H,3,7-8,10-13H2,1-2H3;1H. The molecule has 0 aliphatic carbocycles. The zero-order valence-electron chi connectivity index (χ0n) is 17.4. The molecule has 3 heterocycles. The molecule has 11 heteroatoms. The summed E-state index contributed by atoms with van der Waals surface area (Å²) in [5.74, 6) is 0.460. The summed E-state index contributed by atoms with van der Waals surface area (Å²) in [6.45, 7) is 4.78. The lowest BCUT2D eigenvalue weighted by molar-refractivity contribution is 0.0376. The number of carbonyl (C=O) groups excluding carboxylic acids is 1. The van der Waals surface area contributed by atoms with E-state index in [4.69, 9.17) is 26.1 Å². The molecule has 1 saturated heterocycles. The zero-order chi connectivity index (χ0) is 21.1. The number of hydrogen-bond acceptors (Lipinski definition) is 7. The fraction of sp³-hybridized carbons (Fsp3) is 0.450. The summed E-state index contributed by atoms with van der Waals surface area (Å²) in [6.07, 6.45) is 2.58. The number of fused-ring (bicyclic) bond motifs is 1. The number of ether oxygens (including phenoxy) is 2. The zero-order valence-corrected chi connectivity index (χ0v) is 19.8. The first-order chi connectivity index (χ1) is 14.6. The highest BCUT2D eigenvalue weighted by Gasteiger charge is 2.25. The van der Waals surface area contributed by atoms with Crippen LogP contribution in [0.5, 0.6) is 5.75 Å². The highest BCUT2D eigenvalue weighted by molar-refractivity contribution is 7.23. The number of methoxy groups -OCH3 is 1. The number of thiazole rings is 1. The summed E-state index contributed by atoms with van der Waals surface area (Å²) >= 11 is 7.78. The van der Waals surface area contributed by atoms with E-state index in [1.54, 1.807) is 48.1 Å². The van der Waals surface area contributed by atoms with Crippen LogP contribution in [-0.2, 0) is 11.8 Å². The first-order valence-corrected chi connectivity index (χ1v) is 11.0. The van der Waals surface area contributed by atoms with Crippen molar-refractivity contribution >= 4 is 56.6 Å². The van der Waals surface area contributed by atoms with Gasteiger partial charge in [-0.1, -0.05) is 22.9 Å². The van der Waals surface area contributed by atoms with Gasteiger partial charge in [-0.2, -0.15) is 5.10 Å². The van der Waals surface area contributed by atoms with Crippen molar-refractivity contribution in [3.8, 4) is 5.75 Å². The smallest absolute Gasteiger partial charge is 0.280 e. The molecule has 0 N–H and O–H groups in total. The van der Waals surface area contributed by atoms with Crippen molar-refractivity contribution in [2.45, 2.75) is 6.42 Å². The van der Waals surface area contributed by atoms with E-state index in [1.165, 1.54) is 11.3 Å². The summed E-state index contributed by atoms with van der Waals surface area (Å²) < 4.78 is 13.3. The van der Waals surface area contributed by atoms with Crippen LogP contribution in [0.25, 0.3) is 10.2 Å². The Morgan fingerprint density at radius 3 is 2.77 bits per heavy atom. The molecule has 4 rings (SSSR count). The van der Waals surface area contributed by atoms with Crippen molar-refractivity contribution < 1.29 is 14.3 Å². The van der Waals surface area contributed by atoms with E-state index < -0.39 is 0 Å². The lowest BCUT2D eigenvalue weighted by Crippen LogP contribution is -2.39. The molecule has 1 aliphatic heterocycles. The van der Waals surface area contributed by atoms with Gasteiger partial charge in [0, 0.05) is 39.4 Å². The molecule has 1 amide bonds. The van der Waals surface area contributed by atoms with Crippen molar-refractivity contribution in [3.63, 3.8) is 0 Å². The molecule has 0 bridgehead atoms. The fourth-order valence-corrected chi connectivity index (χ4v) is 4.73.